The Bertz CT molecular complexity index is 955. The van der Waals surface area contributed by atoms with Crippen molar-refractivity contribution in [3.8, 4) is 0 Å². The van der Waals surface area contributed by atoms with Gasteiger partial charge in [-0.3, -0.25) is 9.59 Å². The van der Waals surface area contributed by atoms with Crippen molar-refractivity contribution in [1.29, 1.82) is 0 Å². The summed E-state index contributed by atoms with van der Waals surface area (Å²) < 4.78 is 28.5. The van der Waals surface area contributed by atoms with Gasteiger partial charge in [0.05, 0.1) is 17.5 Å². The van der Waals surface area contributed by atoms with E-state index in [4.69, 9.17) is 4.74 Å². The SMILES string of the molecule is Cc1ccc(NC(=O)[C@H](C)OC(=O)C2=NN([C@H]3CCS(=O)(=O)C3)C(=O)CC2)cc1. The number of sulfone groups is 1. The Kier molecular flexibility index (Phi) is 6.02. The van der Waals surface area contributed by atoms with Crippen LogP contribution in [-0.4, -0.2) is 60.6 Å². The third-order valence-corrected chi connectivity index (χ3v) is 6.57. The number of hydrazone groups is 1. The standard InChI is InChI=1S/C19H23N3O6S/c1-12-3-5-14(6-4-12)20-18(24)13(2)28-19(25)16-7-8-17(23)22(21-16)15-9-10-29(26,27)11-15/h3-6,13,15H,7-11H2,1-2H3,(H,20,24)/t13-,15-/m0/s1. The third kappa shape index (κ3) is 5.20. The number of carbonyl (C=O) groups is 3. The fourth-order valence-corrected chi connectivity index (χ4v) is 4.83. The summed E-state index contributed by atoms with van der Waals surface area (Å²) in [5.74, 6) is -1.79. The fraction of sp³-hybridized carbons (Fsp3) is 0.474. The predicted octanol–water partition coefficient (Wildman–Crippen LogP) is 1.03. The molecule has 9 nitrogen and oxygen atoms in total. The number of carbonyl (C=O) groups excluding carboxylic acids is 3. The molecule has 1 fully saturated rings. The van der Waals surface area contributed by atoms with Crippen LogP contribution in [0.25, 0.3) is 0 Å². The summed E-state index contributed by atoms with van der Waals surface area (Å²) in [4.78, 5) is 36.8. The van der Waals surface area contributed by atoms with E-state index in [1.807, 2.05) is 19.1 Å². The van der Waals surface area contributed by atoms with Crippen LogP contribution in [0.4, 0.5) is 5.69 Å². The highest BCUT2D eigenvalue weighted by molar-refractivity contribution is 7.91. The molecule has 0 aliphatic carbocycles. The predicted molar refractivity (Wildman–Crippen MR) is 106 cm³/mol. The Hall–Kier alpha value is -2.75. The van der Waals surface area contributed by atoms with E-state index in [0.29, 0.717) is 5.69 Å². The van der Waals surface area contributed by atoms with Gasteiger partial charge in [-0.25, -0.2) is 18.2 Å². The number of ether oxygens (including phenoxy) is 1. The van der Waals surface area contributed by atoms with Crippen molar-refractivity contribution >= 4 is 39.0 Å². The second-order valence-corrected chi connectivity index (χ2v) is 9.47. The number of benzene rings is 1. The average Bonchev–Trinajstić information content (AvgIpc) is 3.03. The molecule has 0 aromatic heterocycles. The molecule has 0 saturated carbocycles. The van der Waals surface area contributed by atoms with Crippen molar-refractivity contribution in [1.82, 2.24) is 5.01 Å². The lowest BCUT2D eigenvalue weighted by atomic mass is 10.1. The molecule has 0 unspecified atom stereocenters. The molecular formula is C19H23N3O6S. The number of esters is 1. The average molecular weight is 421 g/mol. The zero-order valence-electron chi connectivity index (χ0n) is 16.3. The van der Waals surface area contributed by atoms with E-state index < -0.39 is 33.9 Å². The molecule has 0 radical (unpaired) electrons. The van der Waals surface area contributed by atoms with E-state index >= 15 is 0 Å². The van der Waals surface area contributed by atoms with Gasteiger partial charge in [0.1, 0.15) is 5.71 Å². The second-order valence-electron chi connectivity index (χ2n) is 7.24. The van der Waals surface area contributed by atoms with Crippen LogP contribution >= 0.6 is 0 Å². The van der Waals surface area contributed by atoms with Crippen molar-refractivity contribution in [2.45, 2.75) is 45.3 Å². The number of hydrogen-bond acceptors (Lipinski definition) is 7. The highest BCUT2D eigenvalue weighted by Crippen LogP contribution is 2.22. The van der Waals surface area contributed by atoms with Gasteiger partial charge in [-0.2, -0.15) is 5.10 Å². The molecule has 1 N–H and O–H groups in total. The number of anilines is 1. The maximum atomic E-state index is 12.4. The lowest BCUT2D eigenvalue weighted by Crippen LogP contribution is -2.42. The summed E-state index contributed by atoms with van der Waals surface area (Å²) in [5.41, 5.74) is 1.63. The molecule has 2 aliphatic heterocycles. The maximum Gasteiger partial charge on any atom is 0.355 e. The second kappa shape index (κ2) is 8.32. The largest absolute Gasteiger partial charge is 0.448 e. The first-order valence-electron chi connectivity index (χ1n) is 9.33. The number of amides is 2. The zero-order valence-corrected chi connectivity index (χ0v) is 17.1. The molecule has 2 atom stereocenters. The van der Waals surface area contributed by atoms with E-state index in [2.05, 4.69) is 10.4 Å². The summed E-state index contributed by atoms with van der Waals surface area (Å²) in [5, 5.41) is 7.79. The molecule has 0 spiro atoms. The smallest absolute Gasteiger partial charge is 0.355 e. The van der Waals surface area contributed by atoms with E-state index in [0.717, 1.165) is 10.6 Å². The monoisotopic (exact) mass is 421 g/mol. The van der Waals surface area contributed by atoms with Crippen LogP contribution in [-0.2, 0) is 29.0 Å². The van der Waals surface area contributed by atoms with Crippen molar-refractivity contribution in [2.24, 2.45) is 5.10 Å². The molecule has 3 rings (SSSR count). The molecular weight excluding hydrogens is 398 g/mol. The van der Waals surface area contributed by atoms with Gasteiger partial charge in [0, 0.05) is 18.5 Å². The molecule has 1 aromatic carbocycles. The molecule has 2 amide bonds. The van der Waals surface area contributed by atoms with Crippen LogP contribution < -0.4 is 5.32 Å². The first-order chi connectivity index (χ1) is 13.6. The Labute approximate surface area is 169 Å². The van der Waals surface area contributed by atoms with E-state index in [1.165, 1.54) is 6.92 Å². The number of rotatable bonds is 5. The van der Waals surface area contributed by atoms with Crippen LogP contribution in [0.1, 0.15) is 31.7 Å². The number of hydrogen-bond donors (Lipinski definition) is 1. The zero-order chi connectivity index (χ0) is 21.2. The third-order valence-electron chi connectivity index (χ3n) is 4.82. The van der Waals surface area contributed by atoms with E-state index in [-0.39, 0.29) is 42.4 Å². The lowest BCUT2D eigenvalue weighted by Gasteiger charge is -2.27. The highest BCUT2D eigenvalue weighted by atomic mass is 32.2. The molecule has 0 bridgehead atoms. The van der Waals surface area contributed by atoms with Crippen molar-refractivity contribution < 1.29 is 27.5 Å². The molecule has 2 aliphatic rings. The minimum absolute atomic E-state index is 0.00360. The van der Waals surface area contributed by atoms with Crippen LogP contribution in [0.5, 0.6) is 0 Å². The Morgan fingerprint density at radius 3 is 2.55 bits per heavy atom. The Morgan fingerprint density at radius 1 is 1.24 bits per heavy atom. The fourth-order valence-electron chi connectivity index (χ4n) is 3.14. The normalized spacial score (nSPS) is 22.0. The minimum atomic E-state index is -3.20. The summed E-state index contributed by atoms with van der Waals surface area (Å²) in [6, 6.07) is 6.60. The van der Waals surface area contributed by atoms with Gasteiger partial charge in [-0.1, -0.05) is 17.7 Å². The highest BCUT2D eigenvalue weighted by Gasteiger charge is 2.37. The quantitative estimate of drug-likeness (QED) is 0.709. The van der Waals surface area contributed by atoms with Crippen LogP contribution in [0, 0.1) is 6.92 Å². The minimum Gasteiger partial charge on any atom is -0.448 e. The molecule has 156 valence electrons. The summed E-state index contributed by atoms with van der Waals surface area (Å²) in [7, 11) is -3.20. The van der Waals surface area contributed by atoms with E-state index in [9.17, 15) is 22.8 Å². The van der Waals surface area contributed by atoms with Crippen LogP contribution in [0.15, 0.2) is 29.4 Å². The van der Waals surface area contributed by atoms with Gasteiger partial charge in [0.2, 0.25) is 5.91 Å². The van der Waals surface area contributed by atoms with Gasteiger partial charge in [-0.05, 0) is 32.4 Å². The van der Waals surface area contributed by atoms with Crippen LogP contribution in [0.2, 0.25) is 0 Å². The molecule has 10 heteroatoms. The van der Waals surface area contributed by atoms with Gasteiger partial charge < -0.3 is 10.1 Å². The maximum absolute atomic E-state index is 12.4. The molecule has 29 heavy (non-hydrogen) atoms. The summed E-state index contributed by atoms with van der Waals surface area (Å²) >= 11 is 0. The molecule has 2 heterocycles. The van der Waals surface area contributed by atoms with Gasteiger partial charge in [0.25, 0.3) is 5.91 Å². The first kappa shape index (κ1) is 21.0. The summed E-state index contributed by atoms with van der Waals surface area (Å²) in [6.45, 7) is 3.37. The number of nitrogens with zero attached hydrogens (tertiary/aromatic N) is 2. The van der Waals surface area contributed by atoms with Crippen molar-refractivity contribution in [3.05, 3.63) is 29.8 Å². The van der Waals surface area contributed by atoms with Crippen LogP contribution in [0.3, 0.4) is 0 Å². The first-order valence-corrected chi connectivity index (χ1v) is 11.2. The number of nitrogens with one attached hydrogen (secondary N) is 1. The van der Waals surface area contributed by atoms with E-state index in [1.54, 1.807) is 12.1 Å². The topological polar surface area (TPSA) is 122 Å². The van der Waals surface area contributed by atoms with Gasteiger partial charge >= 0.3 is 5.97 Å². The van der Waals surface area contributed by atoms with Crippen molar-refractivity contribution in [3.63, 3.8) is 0 Å². The Morgan fingerprint density at radius 2 is 1.93 bits per heavy atom. The number of aryl methyl sites for hydroxylation is 1. The molecule has 1 saturated heterocycles. The Balaban J connectivity index is 1.62. The molecule has 1 aromatic rings. The lowest BCUT2D eigenvalue weighted by molar-refractivity contribution is -0.147. The van der Waals surface area contributed by atoms with Gasteiger partial charge in [0.15, 0.2) is 15.9 Å². The van der Waals surface area contributed by atoms with Gasteiger partial charge in [-0.15, -0.1) is 0 Å². The summed E-state index contributed by atoms with van der Waals surface area (Å²) in [6.07, 6.45) is -0.659. The van der Waals surface area contributed by atoms with Crippen molar-refractivity contribution in [2.75, 3.05) is 16.8 Å².